The average molecular weight is 276 g/mol. The topological polar surface area (TPSA) is 81.2 Å². The van der Waals surface area contributed by atoms with E-state index in [1.54, 1.807) is 25.3 Å². The van der Waals surface area contributed by atoms with Crippen LogP contribution < -0.4 is 10.2 Å². The second kappa shape index (κ2) is 6.74. The first-order valence-electron chi connectivity index (χ1n) is 6.15. The number of hydrazone groups is 1. The molecule has 2 aromatic rings. The Morgan fingerprint density at radius 1 is 1.05 bits per heavy atom. The highest BCUT2D eigenvalue weighted by Gasteiger charge is 2.01. The molecule has 0 saturated carbocycles. The molecule has 0 fully saturated rings. The molecule has 0 bridgehead atoms. The zero-order chi connectivity index (χ0) is 15.1. The highest BCUT2D eigenvalue weighted by atomic mass is 16.5. The van der Waals surface area contributed by atoms with Crippen molar-refractivity contribution in [3.8, 4) is 29.0 Å². The van der Waals surface area contributed by atoms with Gasteiger partial charge in [-0.15, -0.1) is 0 Å². The zero-order valence-corrected chi connectivity index (χ0v) is 11.4. The summed E-state index contributed by atoms with van der Waals surface area (Å²) in [5, 5.41) is 21.0. The number of rotatable bonds is 4. The number of ether oxygens (including phenoxy) is 1. The summed E-state index contributed by atoms with van der Waals surface area (Å²) >= 11 is 0. The van der Waals surface area contributed by atoms with E-state index in [4.69, 9.17) is 15.3 Å². The summed E-state index contributed by atoms with van der Waals surface area (Å²) in [5.74, 6) is 0.778. The molecule has 5 heteroatoms. The van der Waals surface area contributed by atoms with Gasteiger partial charge in [-0.1, -0.05) is 24.3 Å². The van der Waals surface area contributed by atoms with Crippen LogP contribution in [-0.4, -0.2) is 12.8 Å². The summed E-state index contributed by atoms with van der Waals surface area (Å²) in [7, 11) is 1.62. The van der Waals surface area contributed by atoms with Gasteiger partial charge in [-0.3, -0.25) is 5.43 Å². The molecule has 0 aliphatic carbocycles. The van der Waals surface area contributed by atoms with Crippen LogP contribution in [0.1, 0.15) is 0 Å². The molecular formula is C16H12N4O. The Labute approximate surface area is 122 Å². The lowest BCUT2D eigenvalue weighted by Crippen LogP contribution is -1.96. The number of methoxy groups -OCH3 is 1. The summed E-state index contributed by atoms with van der Waals surface area (Å²) in [6.45, 7) is 0. The highest BCUT2D eigenvalue weighted by molar-refractivity contribution is 6.10. The maximum Gasteiger partial charge on any atom is 0.237 e. The van der Waals surface area contributed by atoms with Crippen LogP contribution in [0.2, 0.25) is 0 Å². The van der Waals surface area contributed by atoms with Gasteiger partial charge in [0.1, 0.15) is 17.9 Å². The summed E-state index contributed by atoms with van der Waals surface area (Å²) in [5.41, 5.74) is 5.15. The number of nitrogens with zero attached hydrogens (tertiary/aromatic N) is 3. The Balaban J connectivity index is 2.28. The molecule has 0 unspecified atom stereocenters. The first-order chi connectivity index (χ1) is 10.3. The lowest BCUT2D eigenvalue weighted by molar-refractivity contribution is 0.415. The molecule has 2 rings (SSSR count). The Hall–Kier alpha value is -3.31. The van der Waals surface area contributed by atoms with Gasteiger partial charge in [0.15, 0.2) is 0 Å². The number of hydrogen-bond acceptors (Lipinski definition) is 5. The Morgan fingerprint density at radius 2 is 1.71 bits per heavy atom. The molecule has 0 aliphatic rings. The van der Waals surface area contributed by atoms with Crippen molar-refractivity contribution in [1.29, 1.82) is 10.5 Å². The van der Waals surface area contributed by atoms with Gasteiger partial charge < -0.3 is 4.74 Å². The molecule has 0 heterocycles. The maximum atomic E-state index is 8.64. The van der Waals surface area contributed by atoms with Crippen molar-refractivity contribution in [2.24, 2.45) is 5.10 Å². The van der Waals surface area contributed by atoms with Crippen LogP contribution in [0.15, 0.2) is 53.6 Å². The molecule has 0 saturated heterocycles. The van der Waals surface area contributed by atoms with Crippen molar-refractivity contribution in [2.45, 2.75) is 0 Å². The molecule has 0 spiro atoms. The van der Waals surface area contributed by atoms with Gasteiger partial charge in [0.05, 0.1) is 12.8 Å². The second-order valence-corrected chi connectivity index (χ2v) is 4.11. The summed E-state index contributed by atoms with van der Waals surface area (Å²) in [4.78, 5) is 0. The molecule has 0 radical (unpaired) electrons. The molecule has 2 aromatic carbocycles. The maximum absolute atomic E-state index is 8.64. The molecule has 0 aliphatic heterocycles. The van der Waals surface area contributed by atoms with Crippen molar-refractivity contribution in [3.05, 3.63) is 48.5 Å². The third kappa shape index (κ3) is 3.59. The molecule has 0 atom stereocenters. The number of benzene rings is 2. The van der Waals surface area contributed by atoms with Gasteiger partial charge in [0.2, 0.25) is 5.71 Å². The Bertz CT molecular complexity index is 737. The van der Waals surface area contributed by atoms with Crippen molar-refractivity contribution in [2.75, 3.05) is 12.5 Å². The van der Waals surface area contributed by atoms with E-state index in [2.05, 4.69) is 10.5 Å². The van der Waals surface area contributed by atoms with Gasteiger partial charge in [-0.05, 0) is 35.4 Å². The number of nitrogens with one attached hydrogen (secondary N) is 1. The second-order valence-electron chi connectivity index (χ2n) is 4.11. The smallest absolute Gasteiger partial charge is 0.237 e. The Morgan fingerprint density at radius 3 is 2.38 bits per heavy atom. The van der Waals surface area contributed by atoms with Gasteiger partial charge in [0.25, 0.3) is 0 Å². The minimum Gasteiger partial charge on any atom is -0.497 e. The lowest BCUT2D eigenvalue weighted by Gasteiger charge is -2.07. The Kier molecular flexibility index (Phi) is 4.53. The highest BCUT2D eigenvalue weighted by Crippen LogP contribution is 2.25. The van der Waals surface area contributed by atoms with E-state index in [-0.39, 0.29) is 5.71 Å². The average Bonchev–Trinajstić information content (AvgIpc) is 2.56. The summed E-state index contributed by atoms with van der Waals surface area (Å²) in [6, 6.07) is 18.6. The van der Waals surface area contributed by atoms with Crippen LogP contribution in [0.25, 0.3) is 11.1 Å². The molecule has 0 amide bonds. The quantitative estimate of drug-likeness (QED) is 0.687. The first-order valence-corrected chi connectivity index (χ1v) is 6.15. The lowest BCUT2D eigenvalue weighted by atomic mass is 10.1. The minimum atomic E-state index is -0.221. The predicted octanol–water partition coefficient (Wildman–Crippen LogP) is 3.18. The van der Waals surface area contributed by atoms with Gasteiger partial charge >= 0.3 is 0 Å². The molecular weight excluding hydrogens is 264 g/mol. The van der Waals surface area contributed by atoms with E-state index in [1.807, 2.05) is 42.5 Å². The minimum absolute atomic E-state index is 0.221. The third-order valence-corrected chi connectivity index (χ3v) is 2.77. The monoisotopic (exact) mass is 276 g/mol. The van der Waals surface area contributed by atoms with Crippen LogP contribution >= 0.6 is 0 Å². The summed E-state index contributed by atoms with van der Waals surface area (Å²) < 4.78 is 5.21. The van der Waals surface area contributed by atoms with Gasteiger partial charge in [0, 0.05) is 0 Å². The fraction of sp³-hybridized carbons (Fsp3) is 0.0625. The van der Waals surface area contributed by atoms with Gasteiger partial charge in [-0.2, -0.15) is 15.6 Å². The van der Waals surface area contributed by atoms with Crippen LogP contribution in [0.3, 0.4) is 0 Å². The van der Waals surface area contributed by atoms with Gasteiger partial charge in [-0.25, -0.2) is 0 Å². The van der Waals surface area contributed by atoms with E-state index >= 15 is 0 Å². The van der Waals surface area contributed by atoms with E-state index in [0.717, 1.165) is 16.9 Å². The zero-order valence-electron chi connectivity index (χ0n) is 11.4. The molecule has 0 aromatic heterocycles. The first kappa shape index (κ1) is 14.1. The fourth-order valence-corrected chi connectivity index (χ4v) is 1.77. The van der Waals surface area contributed by atoms with Crippen LogP contribution in [0.4, 0.5) is 5.69 Å². The molecule has 5 nitrogen and oxygen atoms in total. The van der Waals surface area contributed by atoms with Crippen molar-refractivity contribution in [3.63, 3.8) is 0 Å². The van der Waals surface area contributed by atoms with E-state index in [0.29, 0.717) is 5.69 Å². The van der Waals surface area contributed by atoms with Crippen molar-refractivity contribution >= 4 is 11.4 Å². The van der Waals surface area contributed by atoms with E-state index in [9.17, 15) is 0 Å². The summed E-state index contributed by atoms with van der Waals surface area (Å²) in [6.07, 6.45) is 0. The largest absolute Gasteiger partial charge is 0.497 e. The van der Waals surface area contributed by atoms with E-state index < -0.39 is 0 Å². The number of hydrogen-bond donors (Lipinski definition) is 1. The van der Waals surface area contributed by atoms with Crippen LogP contribution in [0, 0.1) is 22.7 Å². The van der Waals surface area contributed by atoms with Crippen molar-refractivity contribution < 1.29 is 4.74 Å². The SMILES string of the molecule is COc1cccc(-c2cccc(NN=C(C#N)C#N)c2)c1. The molecule has 1 N–H and O–H groups in total. The fourth-order valence-electron chi connectivity index (χ4n) is 1.77. The van der Waals surface area contributed by atoms with Crippen molar-refractivity contribution in [1.82, 2.24) is 0 Å². The molecule has 102 valence electrons. The number of anilines is 1. The normalized spacial score (nSPS) is 9.10. The van der Waals surface area contributed by atoms with Crippen LogP contribution in [0.5, 0.6) is 5.75 Å². The standard InChI is InChI=1S/C16H12N4O/c1-21-16-7-3-5-13(9-16)12-4-2-6-14(8-12)19-20-15(10-17)11-18/h2-9,19H,1H3. The van der Waals surface area contributed by atoms with E-state index in [1.165, 1.54) is 0 Å². The molecule has 21 heavy (non-hydrogen) atoms. The third-order valence-electron chi connectivity index (χ3n) is 2.77. The number of nitriles is 2. The predicted molar refractivity (Wildman–Crippen MR) is 80.7 cm³/mol. The van der Waals surface area contributed by atoms with Crippen LogP contribution in [-0.2, 0) is 0 Å².